The van der Waals surface area contributed by atoms with Crippen molar-refractivity contribution < 1.29 is 9.59 Å². The highest BCUT2D eigenvalue weighted by Crippen LogP contribution is 2.32. The third-order valence-corrected chi connectivity index (χ3v) is 8.56. The molecule has 3 fully saturated rings. The summed E-state index contributed by atoms with van der Waals surface area (Å²) in [5, 5.41) is 8.15. The lowest BCUT2D eigenvalue weighted by atomic mass is 9.93. The average molecular weight is 516 g/mol. The summed E-state index contributed by atoms with van der Waals surface area (Å²) < 4.78 is 1.87. The van der Waals surface area contributed by atoms with Gasteiger partial charge >= 0.3 is 0 Å². The van der Waals surface area contributed by atoms with Gasteiger partial charge in [0.15, 0.2) is 0 Å². The van der Waals surface area contributed by atoms with E-state index < -0.39 is 0 Å². The van der Waals surface area contributed by atoms with Crippen LogP contribution in [0.2, 0.25) is 0 Å². The number of aryl methyl sites for hydroxylation is 1. The molecule has 3 N–H and O–H groups in total. The number of nitrogens with one attached hydrogen (secondary N) is 1. The van der Waals surface area contributed by atoms with Gasteiger partial charge in [-0.05, 0) is 67.6 Å². The van der Waals surface area contributed by atoms with Gasteiger partial charge in [-0.1, -0.05) is 0 Å². The second-order valence-electron chi connectivity index (χ2n) is 11.0. The molecule has 1 unspecified atom stereocenters. The normalized spacial score (nSPS) is 21.8. The van der Waals surface area contributed by atoms with E-state index in [0.29, 0.717) is 12.8 Å². The molecule has 38 heavy (non-hydrogen) atoms. The molecule has 2 aromatic carbocycles. The Balaban J connectivity index is 1.04. The van der Waals surface area contributed by atoms with E-state index in [2.05, 4.69) is 55.4 Å². The fraction of sp³-hybridized carbons (Fsp3) is 0.483. The summed E-state index contributed by atoms with van der Waals surface area (Å²) in [7, 11) is 1.93. The van der Waals surface area contributed by atoms with E-state index in [0.717, 1.165) is 67.5 Å². The van der Waals surface area contributed by atoms with E-state index in [1.54, 1.807) is 0 Å². The predicted molar refractivity (Wildman–Crippen MR) is 150 cm³/mol. The lowest BCUT2D eigenvalue weighted by Gasteiger charge is -2.40. The molecule has 3 aliphatic rings. The van der Waals surface area contributed by atoms with Gasteiger partial charge in [0, 0.05) is 81.7 Å². The summed E-state index contributed by atoms with van der Waals surface area (Å²) in [5.74, 6) is -0.0545. The number of amides is 2. The number of carbonyl (C=O) groups is 2. The molecule has 200 valence electrons. The Morgan fingerprint density at radius 1 is 0.895 bits per heavy atom. The van der Waals surface area contributed by atoms with Crippen molar-refractivity contribution in [2.24, 2.45) is 13.0 Å². The van der Waals surface area contributed by atoms with Gasteiger partial charge in [-0.25, -0.2) is 0 Å². The van der Waals surface area contributed by atoms with Crippen molar-refractivity contribution in [2.45, 2.75) is 31.6 Å². The van der Waals surface area contributed by atoms with Gasteiger partial charge in [0.2, 0.25) is 11.8 Å². The second kappa shape index (κ2) is 10.3. The van der Waals surface area contributed by atoms with Crippen molar-refractivity contribution in [1.82, 2.24) is 20.0 Å². The van der Waals surface area contributed by atoms with Crippen LogP contribution in [0.15, 0.2) is 42.5 Å². The number of rotatable bonds is 5. The monoisotopic (exact) mass is 515 g/mol. The maximum absolute atomic E-state index is 12.4. The van der Waals surface area contributed by atoms with E-state index in [4.69, 9.17) is 5.73 Å². The Morgan fingerprint density at radius 3 is 2.29 bits per heavy atom. The number of nitrogens with two attached hydrogens (primary N) is 1. The van der Waals surface area contributed by atoms with Crippen LogP contribution in [0.4, 0.5) is 17.1 Å². The molecule has 1 aromatic heterocycles. The molecular weight excluding hydrogens is 478 g/mol. The predicted octanol–water partition coefficient (Wildman–Crippen LogP) is 2.71. The summed E-state index contributed by atoms with van der Waals surface area (Å²) in [6.07, 6.45) is 3.34. The Hall–Kier alpha value is -3.59. The van der Waals surface area contributed by atoms with Gasteiger partial charge in [0.25, 0.3) is 0 Å². The maximum Gasteiger partial charge on any atom is 0.235 e. The number of benzene rings is 2. The van der Waals surface area contributed by atoms with Gasteiger partial charge in [-0.15, -0.1) is 0 Å². The number of hydrogen-bond donors (Lipinski definition) is 2. The summed E-state index contributed by atoms with van der Waals surface area (Å²) in [6, 6.07) is 14.7. The molecule has 1 atom stereocenters. The van der Waals surface area contributed by atoms with Gasteiger partial charge in [0.1, 0.15) is 0 Å². The van der Waals surface area contributed by atoms with Crippen LogP contribution in [0, 0.1) is 5.92 Å². The van der Waals surface area contributed by atoms with Crippen LogP contribution < -0.4 is 20.9 Å². The minimum atomic E-state index is -0.371. The lowest BCUT2D eigenvalue weighted by molar-refractivity contribution is -0.134. The molecule has 0 bridgehead atoms. The van der Waals surface area contributed by atoms with Crippen LogP contribution in [0.25, 0.3) is 10.9 Å². The van der Waals surface area contributed by atoms with Crippen molar-refractivity contribution >= 4 is 39.8 Å². The molecule has 3 aromatic rings. The Bertz CT molecular complexity index is 1320. The number of aromatic nitrogens is 2. The molecule has 9 heteroatoms. The van der Waals surface area contributed by atoms with Gasteiger partial charge in [-0.3, -0.25) is 24.5 Å². The zero-order valence-electron chi connectivity index (χ0n) is 22.1. The smallest absolute Gasteiger partial charge is 0.235 e. The molecule has 0 spiro atoms. The highest BCUT2D eigenvalue weighted by Gasteiger charge is 2.32. The van der Waals surface area contributed by atoms with Crippen molar-refractivity contribution in [3.05, 3.63) is 48.2 Å². The first-order valence-corrected chi connectivity index (χ1v) is 13.8. The number of hydrogen-bond acceptors (Lipinski definition) is 7. The molecule has 9 nitrogen and oxygen atoms in total. The number of nitrogen functional groups attached to an aromatic ring is 1. The molecule has 0 radical (unpaired) electrons. The Labute approximate surface area is 223 Å². The summed E-state index contributed by atoms with van der Waals surface area (Å²) in [5.41, 5.74) is 10.9. The quantitative estimate of drug-likeness (QED) is 0.398. The van der Waals surface area contributed by atoms with E-state index in [1.165, 1.54) is 30.8 Å². The number of nitrogens with zero attached hydrogens (tertiary/aromatic N) is 5. The van der Waals surface area contributed by atoms with Gasteiger partial charge in [0.05, 0.1) is 17.1 Å². The first-order chi connectivity index (χ1) is 18.4. The molecule has 2 amide bonds. The fourth-order valence-electron chi connectivity index (χ4n) is 6.29. The Morgan fingerprint density at radius 2 is 1.58 bits per heavy atom. The number of imide groups is 1. The maximum atomic E-state index is 12.4. The number of piperidine rings is 2. The number of fused-ring (bicyclic) bond motifs is 1. The molecular formula is C29H37N7O2. The standard InChI is InChI=1S/C29H37N7O2/c1-33-26-18-23(6-7-24(26)28(32-33)25-8-9-27(37)31-29(25)38)36-16-14-34(15-17-36)19-20-10-12-35(13-11-20)22-4-2-21(30)3-5-22/h2-7,18,20,25H,8-17,19,30H2,1H3,(H,31,37,38). The van der Waals surface area contributed by atoms with Crippen molar-refractivity contribution in [1.29, 1.82) is 0 Å². The van der Waals surface area contributed by atoms with Crippen LogP contribution in [0.3, 0.4) is 0 Å². The third kappa shape index (κ3) is 4.95. The van der Waals surface area contributed by atoms with Crippen LogP contribution in [0.5, 0.6) is 0 Å². The van der Waals surface area contributed by atoms with Gasteiger partial charge < -0.3 is 15.5 Å². The first kappa shape index (κ1) is 24.7. The molecule has 0 aliphatic carbocycles. The van der Waals surface area contributed by atoms with Crippen molar-refractivity contribution in [3.8, 4) is 0 Å². The van der Waals surface area contributed by atoms with E-state index in [-0.39, 0.29) is 17.7 Å². The third-order valence-electron chi connectivity index (χ3n) is 8.56. The number of carbonyl (C=O) groups excluding carboxylic acids is 2. The number of anilines is 3. The highest BCUT2D eigenvalue weighted by molar-refractivity contribution is 6.02. The molecule has 3 aliphatic heterocycles. The van der Waals surface area contributed by atoms with Crippen LogP contribution in [-0.4, -0.2) is 72.3 Å². The van der Waals surface area contributed by atoms with E-state index in [1.807, 2.05) is 23.9 Å². The largest absolute Gasteiger partial charge is 0.399 e. The van der Waals surface area contributed by atoms with Crippen LogP contribution in [0.1, 0.15) is 37.3 Å². The molecule has 3 saturated heterocycles. The van der Waals surface area contributed by atoms with E-state index >= 15 is 0 Å². The second-order valence-corrected chi connectivity index (χ2v) is 11.0. The molecule has 0 saturated carbocycles. The Kier molecular flexibility index (Phi) is 6.69. The average Bonchev–Trinajstić information content (AvgIpc) is 3.25. The summed E-state index contributed by atoms with van der Waals surface area (Å²) in [4.78, 5) is 31.6. The van der Waals surface area contributed by atoms with Crippen LogP contribution >= 0.6 is 0 Å². The minimum absolute atomic E-state index is 0.198. The number of piperazine rings is 1. The topological polar surface area (TPSA) is 99.7 Å². The first-order valence-electron chi connectivity index (χ1n) is 13.8. The summed E-state index contributed by atoms with van der Waals surface area (Å²) >= 11 is 0. The van der Waals surface area contributed by atoms with E-state index in [9.17, 15) is 9.59 Å². The molecule has 4 heterocycles. The minimum Gasteiger partial charge on any atom is -0.399 e. The zero-order chi connectivity index (χ0) is 26.2. The van der Waals surface area contributed by atoms with Crippen LogP contribution in [-0.2, 0) is 16.6 Å². The molecule has 6 rings (SSSR count). The lowest BCUT2D eigenvalue weighted by Crippen LogP contribution is -2.49. The summed E-state index contributed by atoms with van der Waals surface area (Å²) in [6.45, 7) is 7.56. The zero-order valence-corrected chi connectivity index (χ0v) is 22.1. The van der Waals surface area contributed by atoms with Crippen molar-refractivity contribution in [3.63, 3.8) is 0 Å². The fourth-order valence-corrected chi connectivity index (χ4v) is 6.29. The SMILES string of the molecule is Cn1nc(C2CCC(=O)NC2=O)c2ccc(N3CCN(CC4CCN(c5ccc(N)cc5)CC4)CC3)cc21. The van der Waals surface area contributed by atoms with Gasteiger partial charge in [-0.2, -0.15) is 5.10 Å². The highest BCUT2D eigenvalue weighted by atomic mass is 16.2. The van der Waals surface area contributed by atoms with Crippen molar-refractivity contribution in [2.75, 3.05) is 61.3 Å².